The van der Waals surface area contributed by atoms with Crippen molar-refractivity contribution in [3.8, 4) is 0 Å². The van der Waals surface area contributed by atoms with E-state index in [0.717, 1.165) is 18.4 Å². The lowest BCUT2D eigenvalue weighted by atomic mass is 9.97. The molecule has 0 unspecified atom stereocenters. The Morgan fingerprint density at radius 1 is 1.16 bits per heavy atom. The van der Waals surface area contributed by atoms with Gasteiger partial charge in [-0.2, -0.15) is 0 Å². The lowest BCUT2D eigenvalue weighted by Gasteiger charge is -2.31. The Hall–Kier alpha value is -3.14. The number of carbonyl (C=O) groups excluding carboxylic acids is 3. The predicted octanol–water partition coefficient (Wildman–Crippen LogP) is 1.16. The lowest BCUT2D eigenvalue weighted by Crippen LogP contribution is -2.57. The van der Waals surface area contributed by atoms with Crippen LogP contribution in [0, 0.1) is 12.8 Å². The van der Waals surface area contributed by atoms with Crippen molar-refractivity contribution in [2.45, 2.75) is 84.5 Å². The molecule has 0 saturated carbocycles. The molecule has 10 nitrogen and oxygen atoms in total. The number of nitrogens with two attached hydrogens (primary N) is 2. The van der Waals surface area contributed by atoms with E-state index in [0.29, 0.717) is 45.4 Å². The molecule has 3 amide bonds. The lowest BCUT2D eigenvalue weighted by molar-refractivity contribution is -0.142. The SMILES string of the molecule is CCNC(=O)[C@@H]1CCCN1C(=O)[C@H](CCCN=C(N)N)NC(=O)[C@@H](NCc1ccc(C)cc1)[C@@H](C)CC. The number of amides is 3. The first kappa shape index (κ1) is 30.1. The summed E-state index contributed by atoms with van der Waals surface area (Å²) in [6.07, 6.45) is 3.04. The number of nitrogens with zero attached hydrogens (tertiary/aromatic N) is 2. The molecule has 1 aromatic carbocycles. The van der Waals surface area contributed by atoms with Gasteiger partial charge in [0, 0.05) is 26.2 Å². The third-order valence-electron chi connectivity index (χ3n) is 6.89. The van der Waals surface area contributed by atoms with Crippen molar-refractivity contribution in [2.24, 2.45) is 22.4 Å². The maximum Gasteiger partial charge on any atom is 0.245 e. The van der Waals surface area contributed by atoms with Crippen molar-refractivity contribution in [3.05, 3.63) is 35.4 Å². The highest BCUT2D eigenvalue weighted by atomic mass is 16.2. The van der Waals surface area contributed by atoms with E-state index in [4.69, 9.17) is 11.5 Å². The van der Waals surface area contributed by atoms with Gasteiger partial charge in [-0.25, -0.2) is 0 Å². The Morgan fingerprint density at radius 2 is 1.86 bits per heavy atom. The molecular weight excluding hydrogens is 470 g/mol. The number of aryl methyl sites for hydroxylation is 1. The Kier molecular flexibility index (Phi) is 12.4. The van der Waals surface area contributed by atoms with Crippen molar-refractivity contribution in [3.63, 3.8) is 0 Å². The molecule has 1 aromatic rings. The zero-order chi connectivity index (χ0) is 27.4. The van der Waals surface area contributed by atoms with Crippen LogP contribution in [-0.4, -0.2) is 66.3 Å². The number of benzene rings is 1. The second-order valence-electron chi connectivity index (χ2n) is 9.82. The monoisotopic (exact) mass is 515 g/mol. The van der Waals surface area contributed by atoms with Gasteiger partial charge >= 0.3 is 0 Å². The quantitative estimate of drug-likeness (QED) is 0.142. The molecule has 4 atom stereocenters. The molecule has 1 aliphatic rings. The first-order valence-corrected chi connectivity index (χ1v) is 13.4. The normalized spacial score (nSPS) is 17.5. The van der Waals surface area contributed by atoms with E-state index in [1.165, 1.54) is 5.56 Å². The first-order valence-electron chi connectivity index (χ1n) is 13.4. The zero-order valence-electron chi connectivity index (χ0n) is 22.8. The van der Waals surface area contributed by atoms with E-state index in [9.17, 15) is 14.4 Å². The van der Waals surface area contributed by atoms with E-state index >= 15 is 0 Å². The van der Waals surface area contributed by atoms with Crippen molar-refractivity contribution in [1.29, 1.82) is 0 Å². The van der Waals surface area contributed by atoms with Crippen LogP contribution in [0.2, 0.25) is 0 Å². The van der Waals surface area contributed by atoms with Gasteiger partial charge in [0.25, 0.3) is 0 Å². The minimum absolute atomic E-state index is 0.0140. The first-order chi connectivity index (χ1) is 17.7. The van der Waals surface area contributed by atoms with Crippen LogP contribution < -0.4 is 27.4 Å². The number of nitrogens with one attached hydrogen (secondary N) is 3. The van der Waals surface area contributed by atoms with Crippen LogP contribution in [-0.2, 0) is 20.9 Å². The van der Waals surface area contributed by atoms with Crippen molar-refractivity contribution in [1.82, 2.24) is 20.9 Å². The fraction of sp³-hybridized carbons (Fsp3) is 0.630. The second kappa shape index (κ2) is 15.2. The van der Waals surface area contributed by atoms with E-state index in [1.54, 1.807) is 4.90 Å². The molecule has 206 valence electrons. The molecule has 0 spiro atoms. The number of likely N-dealkylation sites (tertiary alicyclic amines) is 1. The van der Waals surface area contributed by atoms with Gasteiger partial charge in [0.15, 0.2) is 5.96 Å². The number of likely N-dealkylation sites (N-methyl/N-ethyl adjacent to an activating group) is 1. The van der Waals surface area contributed by atoms with Crippen LogP contribution in [0.1, 0.15) is 64.0 Å². The van der Waals surface area contributed by atoms with Crippen molar-refractivity contribution in [2.75, 3.05) is 19.6 Å². The van der Waals surface area contributed by atoms with Gasteiger partial charge in [-0.1, -0.05) is 50.1 Å². The molecule has 1 saturated heterocycles. The summed E-state index contributed by atoms with van der Waals surface area (Å²) < 4.78 is 0. The predicted molar refractivity (Wildman–Crippen MR) is 147 cm³/mol. The summed E-state index contributed by atoms with van der Waals surface area (Å²) in [7, 11) is 0. The summed E-state index contributed by atoms with van der Waals surface area (Å²) in [5, 5.41) is 9.21. The summed E-state index contributed by atoms with van der Waals surface area (Å²) in [6, 6.07) is 6.40. The average molecular weight is 516 g/mol. The van der Waals surface area contributed by atoms with Crippen LogP contribution in [0.5, 0.6) is 0 Å². The Labute approximate surface area is 221 Å². The largest absolute Gasteiger partial charge is 0.370 e. The fourth-order valence-corrected chi connectivity index (χ4v) is 4.54. The highest BCUT2D eigenvalue weighted by Crippen LogP contribution is 2.20. The van der Waals surface area contributed by atoms with E-state index in [2.05, 4.69) is 20.9 Å². The molecule has 2 rings (SSSR count). The molecule has 1 heterocycles. The highest BCUT2D eigenvalue weighted by molar-refractivity contribution is 5.93. The number of hydrogen-bond donors (Lipinski definition) is 5. The number of rotatable bonds is 14. The van der Waals surface area contributed by atoms with Crippen molar-refractivity contribution < 1.29 is 14.4 Å². The topological polar surface area (TPSA) is 155 Å². The van der Waals surface area contributed by atoms with Gasteiger partial charge < -0.3 is 32.3 Å². The summed E-state index contributed by atoms with van der Waals surface area (Å²) in [6.45, 7) is 9.82. The van der Waals surface area contributed by atoms with E-state index in [1.807, 2.05) is 52.0 Å². The standard InChI is InChI=1S/C27H45N7O3/c1-5-19(4)23(32-17-20-13-11-18(3)12-14-20)25(36)33-21(9-7-15-31-27(28)29)26(37)34-16-8-10-22(34)24(35)30-6-2/h11-14,19,21-23,32H,5-10,15-17H2,1-4H3,(H,30,35)(H,33,36)(H4,28,29,31)/t19-,21-,22-,23-/m0/s1. The van der Waals surface area contributed by atoms with Gasteiger partial charge in [-0.3, -0.25) is 19.4 Å². The fourth-order valence-electron chi connectivity index (χ4n) is 4.54. The van der Waals surface area contributed by atoms with Crippen LogP contribution >= 0.6 is 0 Å². The maximum absolute atomic E-state index is 13.6. The number of hydrogen-bond acceptors (Lipinski definition) is 5. The second-order valence-corrected chi connectivity index (χ2v) is 9.82. The van der Waals surface area contributed by atoms with Crippen LogP contribution in [0.25, 0.3) is 0 Å². The Bertz CT molecular complexity index is 915. The summed E-state index contributed by atoms with van der Waals surface area (Å²) in [4.78, 5) is 45.3. The maximum atomic E-state index is 13.6. The smallest absolute Gasteiger partial charge is 0.245 e. The van der Waals surface area contributed by atoms with Gasteiger partial charge in [-0.05, 0) is 51.0 Å². The van der Waals surface area contributed by atoms with Gasteiger partial charge in [-0.15, -0.1) is 0 Å². The highest BCUT2D eigenvalue weighted by Gasteiger charge is 2.38. The van der Waals surface area contributed by atoms with E-state index < -0.39 is 18.1 Å². The molecule has 0 radical (unpaired) electrons. The van der Waals surface area contributed by atoms with Crippen LogP contribution in [0.15, 0.2) is 29.3 Å². The molecule has 10 heteroatoms. The van der Waals surface area contributed by atoms with Crippen LogP contribution in [0.4, 0.5) is 0 Å². The molecule has 0 aliphatic carbocycles. The summed E-state index contributed by atoms with van der Waals surface area (Å²) in [5.41, 5.74) is 13.1. The summed E-state index contributed by atoms with van der Waals surface area (Å²) in [5.74, 6) is -0.586. The zero-order valence-corrected chi connectivity index (χ0v) is 22.8. The van der Waals surface area contributed by atoms with Gasteiger partial charge in [0.1, 0.15) is 12.1 Å². The minimum Gasteiger partial charge on any atom is -0.370 e. The third-order valence-corrected chi connectivity index (χ3v) is 6.89. The number of carbonyl (C=O) groups is 3. The molecule has 37 heavy (non-hydrogen) atoms. The summed E-state index contributed by atoms with van der Waals surface area (Å²) >= 11 is 0. The van der Waals surface area contributed by atoms with Crippen LogP contribution in [0.3, 0.4) is 0 Å². The average Bonchev–Trinajstić information content (AvgIpc) is 3.36. The molecular formula is C27H45N7O3. The molecule has 7 N–H and O–H groups in total. The molecule has 0 bridgehead atoms. The number of aliphatic imine (C=N–C) groups is 1. The Morgan fingerprint density at radius 3 is 2.49 bits per heavy atom. The van der Waals surface area contributed by atoms with Crippen molar-refractivity contribution >= 4 is 23.7 Å². The molecule has 0 aromatic heterocycles. The van der Waals surface area contributed by atoms with Gasteiger partial charge in [0.2, 0.25) is 17.7 Å². The third kappa shape index (κ3) is 9.35. The number of guanidine groups is 1. The molecule has 1 aliphatic heterocycles. The van der Waals surface area contributed by atoms with Gasteiger partial charge in [0.05, 0.1) is 6.04 Å². The molecule has 1 fully saturated rings. The van der Waals surface area contributed by atoms with E-state index in [-0.39, 0.29) is 29.6 Å². The minimum atomic E-state index is -0.774. The Balaban J connectivity index is 2.17.